The van der Waals surface area contributed by atoms with Gasteiger partial charge in [-0.15, -0.1) is 0 Å². The van der Waals surface area contributed by atoms with Crippen molar-refractivity contribution in [3.63, 3.8) is 0 Å². The molecule has 0 amide bonds. The van der Waals surface area contributed by atoms with E-state index in [9.17, 15) is 0 Å². The summed E-state index contributed by atoms with van der Waals surface area (Å²) in [7, 11) is 2.03. The summed E-state index contributed by atoms with van der Waals surface area (Å²) in [6.45, 7) is 4.12. The average Bonchev–Trinajstić information content (AvgIpc) is 2.37. The van der Waals surface area contributed by atoms with Crippen LogP contribution in [0.3, 0.4) is 0 Å². The molecule has 2 rings (SSSR count). The molecule has 0 bridgehead atoms. The minimum Gasteiger partial charge on any atom is -0.389 e. The van der Waals surface area contributed by atoms with Crippen LogP contribution >= 0.6 is 12.2 Å². The fourth-order valence-electron chi connectivity index (χ4n) is 2.12. The zero-order valence-electron chi connectivity index (χ0n) is 11.5. The third kappa shape index (κ3) is 2.93. The first-order valence-corrected chi connectivity index (χ1v) is 6.60. The second-order valence-corrected chi connectivity index (χ2v) is 5.22. The van der Waals surface area contributed by atoms with Crippen molar-refractivity contribution >= 4 is 28.6 Å². The van der Waals surface area contributed by atoms with Gasteiger partial charge in [0.25, 0.3) is 0 Å². The molecular formula is C16H18N2S. The molecule has 0 radical (unpaired) electrons. The molecule has 98 valence electrons. The van der Waals surface area contributed by atoms with Crippen molar-refractivity contribution in [2.75, 3.05) is 11.9 Å². The molecule has 0 unspecified atom stereocenters. The second kappa shape index (κ2) is 5.41. The van der Waals surface area contributed by atoms with Crippen molar-refractivity contribution in [1.82, 2.24) is 0 Å². The van der Waals surface area contributed by atoms with Gasteiger partial charge in [0.1, 0.15) is 4.99 Å². The highest BCUT2D eigenvalue weighted by Gasteiger charge is 2.11. The molecular weight excluding hydrogens is 252 g/mol. The molecule has 0 aromatic heterocycles. The van der Waals surface area contributed by atoms with E-state index in [1.54, 1.807) is 0 Å². The molecule has 0 fully saturated rings. The van der Waals surface area contributed by atoms with Gasteiger partial charge in [-0.2, -0.15) is 0 Å². The van der Waals surface area contributed by atoms with Crippen LogP contribution in [0.25, 0.3) is 0 Å². The number of nitrogens with zero attached hydrogens (tertiary/aromatic N) is 1. The lowest BCUT2D eigenvalue weighted by atomic mass is 10.1. The minimum absolute atomic E-state index is 0.429. The third-order valence-corrected chi connectivity index (χ3v) is 3.39. The third-order valence-electron chi connectivity index (χ3n) is 3.17. The number of nitrogens with two attached hydrogens (primary N) is 1. The van der Waals surface area contributed by atoms with E-state index in [1.807, 2.05) is 20.0 Å². The van der Waals surface area contributed by atoms with Gasteiger partial charge < -0.3 is 10.6 Å². The summed E-state index contributed by atoms with van der Waals surface area (Å²) in [6, 6.07) is 14.5. The number of rotatable bonds is 3. The van der Waals surface area contributed by atoms with E-state index in [0.29, 0.717) is 4.99 Å². The smallest absolute Gasteiger partial charge is 0.106 e. The summed E-state index contributed by atoms with van der Waals surface area (Å²) in [5.74, 6) is 0. The van der Waals surface area contributed by atoms with Crippen LogP contribution in [0, 0.1) is 13.8 Å². The Labute approximate surface area is 119 Å². The first-order valence-electron chi connectivity index (χ1n) is 6.20. The van der Waals surface area contributed by atoms with Crippen LogP contribution in [0.2, 0.25) is 0 Å². The summed E-state index contributed by atoms with van der Waals surface area (Å²) in [5, 5.41) is 0. The molecule has 0 heterocycles. The van der Waals surface area contributed by atoms with E-state index < -0.39 is 0 Å². The summed E-state index contributed by atoms with van der Waals surface area (Å²) in [5.41, 5.74) is 11.3. The van der Waals surface area contributed by atoms with Gasteiger partial charge >= 0.3 is 0 Å². The number of anilines is 2. The first-order chi connectivity index (χ1) is 8.99. The van der Waals surface area contributed by atoms with Crippen molar-refractivity contribution in [3.05, 3.63) is 59.2 Å². The van der Waals surface area contributed by atoms with Gasteiger partial charge in [-0.1, -0.05) is 36.0 Å². The predicted molar refractivity (Wildman–Crippen MR) is 86.3 cm³/mol. The Bertz CT molecular complexity index is 620. The van der Waals surface area contributed by atoms with Crippen LogP contribution in [0.1, 0.15) is 16.7 Å². The highest BCUT2D eigenvalue weighted by Crippen LogP contribution is 2.28. The van der Waals surface area contributed by atoms with Crippen LogP contribution < -0.4 is 10.6 Å². The van der Waals surface area contributed by atoms with Crippen molar-refractivity contribution in [2.45, 2.75) is 13.8 Å². The van der Waals surface area contributed by atoms with Crippen LogP contribution in [-0.2, 0) is 0 Å². The lowest BCUT2D eigenvalue weighted by Gasteiger charge is -2.23. The number of aryl methyl sites for hydroxylation is 2. The van der Waals surface area contributed by atoms with Crippen molar-refractivity contribution < 1.29 is 0 Å². The predicted octanol–water partition coefficient (Wildman–Crippen LogP) is 3.71. The van der Waals surface area contributed by atoms with E-state index in [4.69, 9.17) is 18.0 Å². The van der Waals surface area contributed by atoms with Gasteiger partial charge in [-0.25, -0.2) is 0 Å². The molecule has 19 heavy (non-hydrogen) atoms. The van der Waals surface area contributed by atoms with Crippen molar-refractivity contribution in [3.8, 4) is 0 Å². The topological polar surface area (TPSA) is 29.3 Å². The maximum Gasteiger partial charge on any atom is 0.106 e. The molecule has 2 nitrogen and oxygen atoms in total. The molecule has 0 saturated heterocycles. The molecule has 0 spiro atoms. The highest BCUT2D eigenvalue weighted by atomic mass is 32.1. The molecule has 0 aliphatic carbocycles. The molecule has 2 N–H and O–H groups in total. The Balaban J connectivity index is 2.49. The largest absolute Gasteiger partial charge is 0.389 e. The minimum atomic E-state index is 0.429. The fourth-order valence-corrected chi connectivity index (χ4v) is 2.28. The van der Waals surface area contributed by atoms with E-state index in [0.717, 1.165) is 22.5 Å². The van der Waals surface area contributed by atoms with Crippen molar-refractivity contribution in [2.24, 2.45) is 5.73 Å². The Morgan fingerprint density at radius 2 is 1.74 bits per heavy atom. The number of hydrogen-bond acceptors (Lipinski definition) is 2. The van der Waals surface area contributed by atoms with Gasteiger partial charge in [0.05, 0.1) is 5.69 Å². The maximum atomic E-state index is 5.83. The molecule has 0 aliphatic rings. The van der Waals surface area contributed by atoms with E-state index in [2.05, 4.69) is 48.2 Å². The SMILES string of the molecule is Cc1cccc(N(C)c2ccc(C)cc2C(N)=S)c1. The normalized spacial score (nSPS) is 10.3. The fraction of sp³-hybridized carbons (Fsp3) is 0.188. The zero-order valence-corrected chi connectivity index (χ0v) is 12.3. The average molecular weight is 270 g/mol. The molecule has 0 saturated carbocycles. The van der Waals surface area contributed by atoms with Crippen LogP contribution in [-0.4, -0.2) is 12.0 Å². The van der Waals surface area contributed by atoms with Gasteiger partial charge in [-0.3, -0.25) is 0 Å². The molecule has 0 atom stereocenters. The molecule has 3 heteroatoms. The Hall–Kier alpha value is -1.87. The standard InChI is InChI=1S/C16H18N2S/c1-11-5-4-6-13(9-11)18(3)15-8-7-12(2)10-14(15)16(17)19/h4-10H,1-3H3,(H2,17,19). The monoisotopic (exact) mass is 270 g/mol. The summed E-state index contributed by atoms with van der Waals surface area (Å²) >= 11 is 5.16. The van der Waals surface area contributed by atoms with Gasteiger partial charge in [0, 0.05) is 18.3 Å². The van der Waals surface area contributed by atoms with Gasteiger partial charge in [0.2, 0.25) is 0 Å². The second-order valence-electron chi connectivity index (χ2n) is 4.78. The zero-order chi connectivity index (χ0) is 14.0. The molecule has 2 aromatic carbocycles. The summed E-state index contributed by atoms with van der Waals surface area (Å²) in [4.78, 5) is 2.54. The Morgan fingerprint density at radius 1 is 1.05 bits per heavy atom. The summed E-state index contributed by atoms with van der Waals surface area (Å²) in [6.07, 6.45) is 0. The first kappa shape index (κ1) is 13.6. The quantitative estimate of drug-likeness (QED) is 0.862. The Morgan fingerprint density at radius 3 is 2.37 bits per heavy atom. The van der Waals surface area contributed by atoms with E-state index in [-0.39, 0.29) is 0 Å². The Kier molecular flexibility index (Phi) is 3.86. The lowest BCUT2D eigenvalue weighted by Crippen LogP contribution is -2.18. The van der Waals surface area contributed by atoms with Gasteiger partial charge in [-0.05, 0) is 43.7 Å². The van der Waals surface area contributed by atoms with Crippen LogP contribution in [0.15, 0.2) is 42.5 Å². The number of benzene rings is 2. The molecule has 0 aliphatic heterocycles. The van der Waals surface area contributed by atoms with Crippen LogP contribution in [0.5, 0.6) is 0 Å². The number of thiocarbonyl (C=S) groups is 1. The summed E-state index contributed by atoms with van der Waals surface area (Å²) < 4.78 is 0. The number of hydrogen-bond donors (Lipinski definition) is 1. The lowest BCUT2D eigenvalue weighted by molar-refractivity contribution is 1.19. The maximum absolute atomic E-state index is 5.83. The van der Waals surface area contributed by atoms with E-state index in [1.165, 1.54) is 5.56 Å². The van der Waals surface area contributed by atoms with E-state index >= 15 is 0 Å². The highest BCUT2D eigenvalue weighted by molar-refractivity contribution is 7.80. The van der Waals surface area contributed by atoms with Gasteiger partial charge in [0.15, 0.2) is 0 Å². The van der Waals surface area contributed by atoms with Crippen LogP contribution in [0.4, 0.5) is 11.4 Å². The molecule has 2 aromatic rings. The van der Waals surface area contributed by atoms with Crippen molar-refractivity contribution in [1.29, 1.82) is 0 Å².